The molecule has 1 fully saturated rings. The van der Waals surface area contributed by atoms with Crippen molar-refractivity contribution in [3.8, 4) is 0 Å². The van der Waals surface area contributed by atoms with E-state index in [9.17, 15) is 4.79 Å². The SMILES string of the molecule is O=C(NCCI)C1CCCCCC1. The number of carbonyl (C=O) groups is 1. The minimum absolute atomic E-state index is 0.290. The van der Waals surface area contributed by atoms with Crippen molar-refractivity contribution >= 4 is 28.5 Å². The van der Waals surface area contributed by atoms with Crippen molar-refractivity contribution in [3.63, 3.8) is 0 Å². The van der Waals surface area contributed by atoms with Crippen LogP contribution < -0.4 is 5.32 Å². The summed E-state index contributed by atoms with van der Waals surface area (Å²) in [6.45, 7) is 0.829. The first kappa shape index (κ1) is 11.3. The predicted molar refractivity (Wildman–Crippen MR) is 63.1 cm³/mol. The summed E-state index contributed by atoms with van der Waals surface area (Å²) < 4.78 is 1.01. The van der Waals surface area contributed by atoms with Crippen molar-refractivity contribution in [1.82, 2.24) is 5.32 Å². The molecule has 0 aromatic heterocycles. The number of rotatable bonds is 3. The fourth-order valence-corrected chi connectivity index (χ4v) is 2.13. The van der Waals surface area contributed by atoms with E-state index in [1.807, 2.05) is 0 Å². The van der Waals surface area contributed by atoms with Crippen LogP contribution in [0.2, 0.25) is 0 Å². The molecule has 1 aliphatic carbocycles. The number of carbonyl (C=O) groups excluding carboxylic acids is 1. The van der Waals surface area contributed by atoms with Crippen LogP contribution in [0.15, 0.2) is 0 Å². The van der Waals surface area contributed by atoms with Crippen LogP contribution >= 0.6 is 22.6 Å². The van der Waals surface area contributed by atoms with Crippen molar-refractivity contribution in [2.75, 3.05) is 11.0 Å². The number of halogens is 1. The average Bonchev–Trinajstić information content (AvgIpc) is 2.42. The third-order valence-corrected chi connectivity index (χ3v) is 3.16. The third kappa shape index (κ3) is 4.29. The summed E-state index contributed by atoms with van der Waals surface area (Å²) >= 11 is 2.28. The molecular weight excluding hydrogens is 277 g/mol. The molecule has 0 spiro atoms. The molecular formula is C10H18INO. The van der Waals surface area contributed by atoms with Gasteiger partial charge in [0, 0.05) is 16.9 Å². The van der Waals surface area contributed by atoms with E-state index in [4.69, 9.17) is 0 Å². The monoisotopic (exact) mass is 295 g/mol. The highest BCUT2D eigenvalue weighted by atomic mass is 127. The molecule has 0 heterocycles. The van der Waals surface area contributed by atoms with E-state index in [0.717, 1.165) is 23.8 Å². The van der Waals surface area contributed by atoms with Crippen molar-refractivity contribution in [1.29, 1.82) is 0 Å². The molecule has 1 amide bonds. The molecule has 3 heteroatoms. The first-order valence-corrected chi connectivity index (χ1v) is 6.71. The van der Waals surface area contributed by atoms with E-state index in [2.05, 4.69) is 27.9 Å². The van der Waals surface area contributed by atoms with E-state index >= 15 is 0 Å². The Morgan fingerprint density at radius 1 is 1.23 bits per heavy atom. The quantitative estimate of drug-likeness (QED) is 0.484. The number of amides is 1. The maximum Gasteiger partial charge on any atom is 0.223 e. The predicted octanol–water partition coefficient (Wildman–Crippen LogP) is 2.51. The molecule has 1 N–H and O–H groups in total. The zero-order valence-corrected chi connectivity index (χ0v) is 10.2. The number of nitrogens with one attached hydrogen (secondary N) is 1. The molecule has 2 nitrogen and oxygen atoms in total. The zero-order valence-electron chi connectivity index (χ0n) is 8.02. The van der Waals surface area contributed by atoms with E-state index in [0.29, 0.717) is 11.8 Å². The zero-order chi connectivity index (χ0) is 9.52. The molecule has 0 aromatic carbocycles. The van der Waals surface area contributed by atoms with Crippen LogP contribution in [-0.2, 0) is 4.79 Å². The number of hydrogen-bond donors (Lipinski definition) is 1. The van der Waals surface area contributed by atoms with Gasteiger partial charge in [0.1, 0.15) is 0 Å². The smallest absolute Gasteiger partial charge is 0.223 e. The summed E-state index contributed by atoms with van der Waals surface area (Å²) in [5, 5.41) is 2.98. The molecule has 0 atom stereocenters. The van der Waals surface area contributed by atoms with Gasteiger partial charge in [-0.2, -0.15) is 0 Å². The van der Waals surface area contributed by atoms with Crippen molar-refractivity contribution in [2.45, 2.75) is 38.5 Å². The molecule has 1 aliphatic rings. The normalized spacial score (nSPS) is 19.5. The minimum atomic E-state index is 0.290. The first-order valence-electron chi connectivity index (χ1n) is 5.18. The summed E-state index contributed by atoms with van der Waals surface area (Å²) in [5.41, 5.74) is 0. The van der Waals surface area contributed by atoms with E-state index in [1.54, 1.807) is 0 Å². The van der Waals surface area contributed by atoms with Gasteiger partial charge in [-0.1, -0.05) is 48.3 Å². The summed E-state index contributed by atoms with van der Waals surface area (Å²) in [6.07, 6.45) is 7.32. The molecule has 0 unspecified atom stereocenters. The van der Waals surface area contributed by atoms with Crippen LogP contribution in [-0.4, -0.2) is 16.9 Å². The lowest BCUT2D eigenvalue weighted by atomic mass is 10.00. The van der Waals surface area contributed by atoms with Crippen LogP contribution in [0.5, 0.6) is 0 Å². The third-order valence-electron chi connectivity index (χ3n) is 2.62. The summed E-state index contributed by atoms with van der Waals surface area (Å²) in [4.78, 5) is 11.6. The van der Waals surface area contributed by atoms with E-state index in [1.165, 1.54) is 25.7 Å². The lowest BCUT2D eigenvalue weighted by Crippen LogP contribution is -2.31. The highest BCUT2D eigenvalue weighted by molar-refractivity contribution is 14.1. The Hall–Kier alpha value is 0.200. The largest absolute Gasteiger partial charge is 0.355 e. The maximum atomic E-state index is 11.6. The van der Waals surface area contributed by atoms with Gasteiger partial charge in [-0.05, 0) is 12.8 Å². The van der Waals surface area contributed by atoms with Crippen LogP contribution in [0.4, 0.5) is 0 Å². The Kier molecular flexibility index (Phi) is 5.75. The summed E-state index contributed by atoms with van der Waals surface area (Å²) in [5.74, 6) is 0.601. The molecule has 0 aliphatic heterocycles. The second kappa shape index (κ2) is 6.62. The highest BCUT2D eigenvalue weighted by Crippen LogP contribution is 2.22. The van der Waals surface area contributed by atoms with E-state index < -0.39 is 0 Å². The summed E-state index contributed by atoms with van der Waals surface area (Å²) in [7, 11) is 0. The molecule has 0 aromatic rings. The van der Waals surface area contributed by atoms with Gasteiger partial charge in [0.05, 0.1) is 0 Å². The Labute approximate surface area is 94.0 Å². The fraction of sp³-hybridized carbons (Fsp3) is 0.900. The van der Waals surface area contributed by atoms with Crippen LogP contribution in [0.25, 0.3) is 0 Å². The molecule has 1 rings (SSSR count). The van der Waals surface area contributed by atoms with Crippen LogP contribution in [0.3, 0.4) is 0 Å². The molecule has 0 saturated heterocycles. The Balaban J connectivity index is 2.26. The fourth-order valence-electron chi connectivity index (χ4n) is 1.86. The minimum Gasteiger partial charge on any atom is -0.355 e. The number of hydrogen-bond acceptors (Lipinski definition) is 1. The van der Waals surface area contributed by atoms with Crippen LogP contribution in [0, 0.1) is 5.92 Å². The van der Waals surface area contributed by atoms with Gasteiger partial charge in [-0.3, -0.25) is 4.79 Å². The van der Waals surface area contributed by atoms with E-state index in [-0.39, 0.29) is 0 Å². The molecule has 0 bridgehead atoms. The van der Waals surface area contributed by atoms with Crippen molar-refractivity contribution < 1.29 is 4.79 Å². The van der Waals surface area contributed by atoms with Crippen LogP contribution in [0.1, 0.15) is 38.5 Å². The Morgan fingerprint density at radius 2 is 1.85 bits per heavy atom. The number of alkyl halides is 1. The van der Waals surface area contributed by atoms with Gasteiger partial charge in [0.2, 0.25) is 5.91 Å². The highest BCUT2D eigenvalue weighted by Gasteiger charge is 2.18. The van der Waals surface area contributed by atoms with Gasteiger partial charge in [-0.15, -0.1) is 0 Å². The van der Waals surface area contributed by atoms with Gasteiger partial charge in [-0.25, -0.2) is 0 Å². The standard InChI is InChI=1S/C10H18INO/c11-7-8-12-10(13)9-5-3-1-2-4-6-9/h9H,1-8H2,(H,12,13). The molecule has 0 radical (unpaired) electrons. The Morgan fingerprint density at radius 3 is 2.38 bits per heavy atom. The van der Waals surface area contributed by atoms with Gasteiger partial charge >= 0.3 is 0 Å². The van der Waals surface area contributed by atoms with Gasteiger partial charge in [0.15, 0.2) is 0 Å². The molecule has 76 valence electrons. The van der Waals surface area contributed by atoms with Gasteiger partial charge < -0.3 is 5.32 Å². The molecule has 13 heavy (non-hydrogen) atoms. The Bertz CT molecular complexity index is 153. The van der Waals surface area contributed by atoms with Gasteiger partial charge in [0.25, 0.3) is 0 Å². The second-order valence-corrected chi connectivity index (χ2v) is 4.75. The van der Waals surface area contributed by atoms with Crippen molar-refractivity contribution in [2.24, 2.45) is 5.92 Å². The lowest BCUT2D eigenvalue weighted by molar-refractivity contribution is -0.125. The van der Waals surface area contributed by atoms with Crippen molar-refractivity contribution in [3.05, 3.63) is 0 Å². The maximum absolute atomic E-state index is 11.6. The average molecular weight is 295 g/mol. The molecule has 1 saturated carbocycles. The lowest BCUT2D eigenvalue weighted by Gasteiger charge is -2.12. The topological polar surface area (TPSA) is 29.1 Å². The first-order chi connectivity index (χ1) is 6.34. The second-order valence-electron chi connectivity index (χ2n) is 3.67. The summed E-state index contributed by atoms with van der Waals surface area (Å²) in [6, 6.07) is 0.